The van der Waals surface area contributed by atoms with E-state index < -0.39 is 28.5 Å². The average Bonchev–Trinajstić information content (AvgIpc) is 2.94. The highest BCUT2D eigenvalue weighted by molar-refractivity contribution is 7.92. The summed E-state index contributed by atoms with van der Waals surface area (Å²) in [6, 6.07) is 19.6. The molecule has 0 aliphatic carbocycles. The van der Waals surface area contributed by atoms with Gasteiger partial charge in [0.25, 0.3) is 10.0 Å². The molecule has 0 aliphatic rings. The maximum Gasteiger partial charge on any atom is 0.264 e. The van der Waals surface area contributed by atoms with Gasteiger partial charge in [-0.05, 0) is 74.6 Å². The summed E-state index contributed by atoms with van der Waals surface area (Å²) in [5, 5.41) is 3.44. The van der Waals surface area contributed by atoms with Crippen LogP contribution >= 0.6 is 11.6 Å². The Morgan fingerprint density at radius 3 is 2.17 bits per heavy atom. The van der Waals surface area contributed by atoms with E-state index in [0.29, 0.717) is 22.7 Å². The maximum absolute atomic E-state index is 14.2. The van der Waals surface area contributed by atoms with Gasteiger partial charge in [-0.2, -0.15) is 0 Å². The lowest BCUT2D eigenvalue weighted by Gasteiger charge is -2.34. The average molecular weight is 584 g/mol. The zero-order chi connectivity index (χ0) is 29.4. The summed E-state index contributed by atoms with van der Waals surface area (Å²) in [5.74, 6) is -0.798. The topological polar surface area (TPSA) is 86.8 Å². The van der Waals surface area contributed by atoms with Gasteiger partial charge >= 0.3 is 0 Å². The molecule has 3 rings (SSSR count). The monoisotopic (exact) mass is 583 g/mol. The van der Waals surface area contributed by atoms with Crippen molar-refractivity contribution in [3.63, 3.8) is 0 Å². The molecule has 0 saturated carbocycles. The highest BCUT2D eigenvalue weighted by atomic mass is 35.5. The molecule has 2 atom stereocenters. The van der Waals surface area contributed by atoms with Gasteiger partial charge in [0.2, 0.25) is 11.8 Å². The van der Waals surface area contributed by atoms with Crippen molar-refractivity contribution in [1.82, 2.24) is 10.2 Å². The van der Waals surface area contributed by atoms with Gasteiger partial charge in [0.1, 0.15) is 12.6 Å². The predicted molar refractivity (Wildman–Crippen MR) is 161 cm³/mol. The van der Waals surface area contributed by atoms with Crippen molar-refractivity contribution in [2.75, 3.05) is 10.8 Å². The van der Waals surface area contributed by atoms with Gasteiger partial charge < -0.3 is 10.2 Å². The number of hydrogen-bond acceptors (Lipinski definition) is 4. The second kappa shape index (κ2) is 13.8. The molecule has 9 heteroatoms. The van der Waals surface area contributed by atoms with E-state index in [9.17, 15) is 18.0 Å². The Kier molecular flexibility index (Phi) is 10.8. The number of anilines is 1. The summed E-state index contributed by atoms with van der Waals surface area (Å²) in [6.07, 6.45) is 1.07. The minimum atomic E-state index is -4.12. The Hall–Kier alpha value is -3.36. The number of halogens is 1. The molecule has 2 amide bonds. The molecule has 0 heterocycles. The zero-order valence-electron chi connectivity index (χ0n) is 23.7. The van der Waals surface area contributed by atoms with E-state index >= 15 is 0 Å². The molecule has 0 saturated heterocycles. The Bertz CT molecular complexity index is 1430. The lowest BCUT2D eigenvalue weighted by molar-refractivity contribution is -0.140. The third-order valence-corrected chi connectivity index (χ3v) is 9.28. The molecule has 0 aliphatic heterocycles. The van der Waals surface area contributed by atoms with Gasteiger partial charge in [-0.15, -0.1) is 0 Å². The Morgan fingerprint density at radius 1 is 0.900 bits per heavy atom. The van der Waals surface area contributed by atoms with Gasteiger partial charge in [0, 0.05) is 17.6 Å². The van der Waals surface area contributed by atoms with E-state index in [0.717, 1.165) is 21.9 Å². The first-order valence-corrected chi connectivity index (χ1v) is 15.3. The molecule has 7 nitrogen and oxygen atoms in total. The first-order valence-electron chi connectivity index (χ1n) is 13.5. The van der Waals surface area contributed by atoms with Gasteiger partial charge in [-0.25, -0.2) is 8.42 Å². The van der Waals surface area contributed by atoms with Crippen LogP contribution in [0.4, 0.5) is 5.69 Å². The van der Waals surface area contributed by atoms with E-state index in [1.807, 2.05) is 46.8 Å². The van der Waals surface area contributed by atoms with Crippen LogP contribution in [-0.2, 0) is 26.2 Å². The highest BCUT2D eigenvalue weighted by Gasteiger charge is 2.34. The van der Waals surface area contributed by atoms with E-state index in [1.54, 1.807) is 48.5 Å². The molecule has 3 aromatic rings. The van der Waals surface area contributed by atoms with Crippen LogP contribution in [0, 0.1) is 13.8 Å². The van der Waals surface area contributed by atoms with E-state index in [4.69, 9.17) is 11.6 Å². The summed E-state index contributed by atoms with van der Waals surface area (Å²) in [6.45, 7) is 8.99. The molecule has 0 radical (unpaired) electrons. The molecular weight excluding hydrogens is 546 g/mol. The number of nitrogens with one attached hydrogen (secondary N) is 1. The molecule has 214 valence electrons. The minimum absolute atomic E-state index is 0.0525. The number of sulfonamides is 1. The van der Waals surface area contributed by atoms with E-state index in [-0.39, 0.29) is 23.4 Å². The molecular formula is C31H38ClN3O4S. The number of aryl methyl sites for hydroxylation is 1. The van der Waals surface area contributed by atoms with Crippen LogP contribution in [-0.4, -0.2) is 43.8 Å². The number of benzene rings is 3. The van der Waals surface area contributed by atoms with Gasteiger partial charge in [-0.1, -0.05) is 74.0 Å². The Morgan fingerprint density at radius 2 is 1.55 bits per heavy atom. The van der Waals surface area contributed by atoms with Gasteiger partial charge in [0.15, 0.2) is 0 Å². The molecule has 0 spiro atoms. The summed E-state index contributed by atoms with van der Waals surface area (Å²) in [7, 11) is -4.12. The Labute approximate surface area is 243 Å². The maximum atomic E-state index is 14.2. The van der Waals surface area contributed by atoms with Crippen molar-refractivity contribution in [1.29, 1.82) is 0 Å². The van der Waals surface area contributed by atoms with Crippen molar-refractivity contribution >= 4 is 39.1 Å². The lowest BCUT2D eigenvalue weighted by Crippen LogP contribution is -2.53. The van der Waals surface area contributed by atoms with Crippen LogP contribution < -0.4 is 9.62 Å². The van der Waals surface area contributed by atoms with Crippen molar-refractivity contribution in [2.45, 2.75) is 71.0 Å². The smallest absolute Gasteiger partial charge is 0.264 e. The molecule has 0 aromatic heterocycles. The van der Waals surface area contributed by atoms with Gasteiger partial charge in [-0.3, -0.25) is 13.9 Å². The molecule has 1 N–H and O–H groups in total. The van der Waals surface area contributed by atoms with E-state index in [2.05, 4.69) is 5.32 Å². The fourth-order valence-electron chi connectivity index (χ4n) is 4.41. The normalized spacial score (nSPS) is 12.8. The molecule has 0 fully saturated rings. The fourth-order valence-corrected chi connectivity index (χ4v) is 6.10. The number of carbonyl (C=O) groups excluding carboxylic acids is 2. The van der Waals surface area contributed by atoms with Crippen LogP contribution in [0.5, 0.6) is 0 Å². The summed E-state index contributed by atoms with van der Waals surface area (Å²) in [4.78, 5) is 29.1. The molecule has 0 bridgehead atoms. The largest absolute Gasteiger partial charge is 0.352 e. The second-order valence-corrected chi connectivity index (χ2v) is 12.2. The number of amides is 2. The van der Waals surface area contributed by atoms with Crippen LogP contribution in [0.2, 0.25) is 5.02 Å². The SMILES string of the molecule is CC[C@H](C)NC(=O)[C@H](CC)N(Cc1ccccc1Cl)C(=O)CN(c1cccc(C)c1C)S(=O)(=O)c1ccccc1. The third-order valence-electron chi connectivity index (χ3n) is 7.14. The van der Waals surface area contributed by atoms with Crippen molar-refractivity contribution in [2.24, 2.45) is 0 Å². The second-order valence-electron chi connectivity index (χ2n) is 9.90. The zero-order valence-corrected chi connectivity index (χ0v) is 25.3. The molecule has 0 unspecified atom stereocenters. The van der Waals surface area contributed by atoms with Crippen molar-refractivity contribution in [3.8, 4) is 0 Å². The fraction of sp³-hybridized carbons (Fsp3) is 0.355. The van der Waals surface area contributed by atoms with E-state index in [1.165, 1.54) is 17.0 Å². The number of carbonyl (C=O) groups is 2. The first kappa shape index (κ1) is 31.2. The van der Waals surface area contributed by atoms with Gasteiger partial charge in [0.05, 0.1) is 10.6 Å². The van der Waals surface area contributed by atoms with Crippen LogP contribution in [0.25, 0.3) is 0 Å². The van der Waals surface area contributed by atoms with Crippen molar-refractivity contribution < 1.29 is 18.0 Å². The van der Waals surface area contributed by atoms with Crippen molar-refractivity contribution in [3.05, 3.63) is 94.5 Å². The van der Waals surface area contributed by atoms with Crippen LogP contribution in [0.3, 0.4) is 0 Å². The minimum Gasteiger partial charge on any atom is -0.352 e. The molecule has 40 heavy (non-hydrogen) atoms. The summed E-state index contributed by atoms with van der Waals surface area (Å²) >= 11 is 6.45. The van der Waals surface area contributed by atoms with Crippen LogP contribution in [0.1, 0.15) is 50.3 Å². The Balaban J connectivity index is 2.10. The predicted octanol–water partition coefficient (Wildman–Crippen LogP) is 5.87. The third kappa shape index (κ3) is 7.23. The number of hydrogen-bond donors (Lipinski definition) is 1. The number of rotatable bonds is 12. The van der Waals surface area contributed by atoms with Crippen LogP contribution in [0.15, 0.2) is 77.7 Å². The molecule has 3 aromatic carbocycles. The highest BCUT2D eigenvalue weighted by Crippen LogP contribution is 2.29. The standard InChI is InChI=1S/C31H38ClN3O4S/c1-6-23(4)33-31(37)28(7-2)34(20-25-15-11-12-18-27(25)32)30(36)21-35(29-19-13-14-22(3)24(29)5)40(38,39)26-16-9-8-10-17-26/h8-19,23,28H,6-7,20-21H2,1-5H3,(H,33,37)/t23-,28-/m0/s1. The summed E-state index contributed by atoms with van der Waals surface area (Å²) in [5.41, 5.74) is 2.71. The first-order chi connectivity index (χ1) is 19.0. The number of nitrogens with zero attached hydrogens (tertiary/aromatic N) is 2. The summed E-state index contributed by atoms with van der Waals surface area (Å²) < 4.78 is 29.1. The lowest BCUT2D eigenvalue weighted by atomic mass is 10.1. The quantitative estimate of drug-likeness (QED) is 0.289.